The van der Waals surface area contributed by atoms with Gasteiger partial charge in [0, 0.05) is 0 Å². The van der Waals surface area contributed by atoms with Gasteiger partial charge in [0.1, 0.15) is 33.1 Å². The van der Waals surface area contributed by atoms with Crippen molar-refractivity contribution in [2.75, 3.05) is 13.2 Å². The largest absolute Gasteiger partial charge is 0.494 e. The van der Waals surface area contributed by atoms with Gasteiger partial charge in [-0.1, -0.05) is 204 Å². The predicted molar refractivity (Wildman–Crippen MR) is 314 cm³/mol. The number of rotatable bonds is 40. The zero-order valence-corrected chi connectivity index (χ0v) is 48.6. The second-order valence-electron chi connectivity index (χ2n) is 20.5. The van der Waals surface area contributed by atoms with Crippen molar-refractivity contribution >= 4 is 58.6 Å². The Balaban J connectivity index is 0.961. The normalized spacial score (nSPS) is 12.4. The Labute approximate surface area is 484 Å². The molecule has 1 aliphatic carbocycles. The van der Waals surface area contributed by atoms with Gasteiger partial charge in [0.25, 0.3) is 0 Å². The third-order valence-corrected chi connectivity index (χ3v) is 14.6. The van der Waals surface area contributed by atoms with Gasteiger partial charge in [-0.25, -0.2) is 19.2 Å². The second kappa shape index (κ2) is 37.6. The first-order valence-corrected chi connectivity index (χ1v) is 30.2. The monoisotopic (exact) mass is 1140 g/mol. The van der Waals surface area contributed by atoms with E-state index in [-0.39, 0.29) is 22.6 Å². The lowest BCUT2D eigenvalue weighted by molar-refractivity contribution is -0.119. The first-order valence-electron chi connectivity index (χ1n) is 29.4. The quantitative estimate of drug-likeness (QED) is 0.0180. The zero-order valence-electron chi connectivity index (χ0n) is 47.1. The fourth-order valence-corrected chi connectivity index (χ4v) is 9.51. The minimum Gasteiger partial charge on any atom is -0.494 e. The van der Waals surface area contributed by atoms with Crippen LogP contribution in [0.25, 0.3) is 0 Å². The molecule has 4 aromatic carbocycles. The Morgan fingerprint density at radius 1 is 0.300 bits per heavy atom. The smallest absolute Gasteiger partial charge is 0.343 e. The summed E-state index contributed by atoms with van der Waals surface area (Å²) >= 11 is 12.4. The number of Topliss-reactive ketones (excluding diaryl/α,β-unsaturated/α-hetero) is 2. The molecule has 0 unspecified atom stereocenters. The molecule has 0 aliphatic heterocycles. The van der Waals surface area contributed by atoms with Crippen LogP contribution >= 0.6 is 23.2 Å². The number of carbonyl (C=O) groups excluding carboxylic acids is 6. The zero-order chi connectivity index (χ0) is 57.2. The van der Waals surface area contributed by atoms with E-state index >= 15 is 0 Å². The van der Waals surface area contributed by atoms with E-state index in [9.17, 15) is 28.8 Å². The average molecular weight is 1140 g/mol. The van der Waals surface area contributed by atoms with Gasteiger partial charge in [-0.2, -0.15) is 0 Å². The summed E-state index contributed by atoms with van der Waals surface area (Å²) in [6, 6.07) is 23.8. The Morgan fingerprint density at radius 2 is 0.512 bits per heavy atom. The van der Waals surface area contributed by atoms with Crippen LogP contribution < -0.4 is 18.9 Å². The molecule has 0 atom stereocenters. The molecule has 0 amide bonds. The molecule has 12 nitrogen and oxygen atoms in total. The highest BCUT2D eigenvalue weighted by atomic mass is 35.5. The highest BCUT2D eigenvalue weighted by Gasteiger charge is 2.39. The van der Waals surface area contributed by atoms with E-state index in [1.54, 1.807) is 48.5 Å². The lowest BCUT2D eigenvalue weighted by Gasteiger charge is -2.17. The molecular weight excluding hydrogens is 1060 g/mol. The first kappa shape index (κ1) is 64.6. The summed E-state index contributed by atoms with van der Waals surface area (Å²) in [4.78, 5) is 78.4. The SMILES string of the molecule is CCCCCCCCCCCCCCCCOc1ccc(C(=O)Oc2ccc(C(=O)OC3=C(Cl)C(=O)C(OC(=O)c4ccc(OC(=O)c5ccc(OCCCCCCCCCCCCCCCC)cc5)cc4)=C(Cl)C3=O)cc2)cc1. The van der Waals surface area contributed by atoms with Crippen LogP contribution in [0, 0.1) is 0 Å². The van der Waals surface area contributed by atoms with Gasteiger partial charge in [0.15, 0.2) is 0 Å². The van der Waals surface area contributed by atoms with Gasteiger partial charge in [-0.15, -0.1) is 0 Å². The Morgan fingerprint density at radius 3 is 0.762 bits per heavy atom. The molecule has 0 radical (unpaired) electrons. The number of ketones is 2. The van der Waals surface area contributed by atoms with Crippen molar-refractivity contribution in [1.82, 2.24) is 0 Å². The first-order chi connectivity index (χ1) is 39.0. The van der Waals surface area contributed by atoms with Gasteiger partial charge >= 0.3 is 23.9 Å². The number of benzene rings is 4. The highest BCUT2D eigenvalue weighted by Crippen LogP contribution is 2.32. The van der Waals surface area contributed by atoms with E-state index in [0.717, 1.165) is 25.7 Å². The van der Waals surface area contributed by atoms with Crippen LogP contribution in [0.3, 0.4) is 0 Å². The molecule has 0 saturated heterocycles. The number of hydrogen-bond acceptors (Lipinski definition) is 12. The molecule has 0 fully saturated rings. The molecule has 80 heavy (non-hydrogen) atoms. The van der Waals surface area contributed by atoms with Crippen LogP contribution in [-0.4, -0.2) is 48.7 Å². The van der Waals surface area contributed by atoms with E-state index in [2.05, 4.69) is 13.8 Å². The number of unbranched alkanes of at least 4 members (excludes halogenated alkanes) is 26. The Kier molecular flexibility index (Phi) is 30.4. The van der Waals surface area contributed by atoms with Crippen molar-refractivity contribution < 1.29 is 57.2 Å². The highest BCUT2D eigenvalue weighted by molar-refractivity contribution is 6.55. The molecule has 0 N–H and O–H groups in total. The summed E-state index contributed by atoms with van der Waals surface area (Å²) in [6.07, 6.45) is 36.0. The van der Waals surface area contributed by atoms with Crippen molar-refractivity contribution in [3.05, 3.63) is 141 Å². The third kappa shape index (κ3) is 23.5. The molecule has 0 aromatic heterocycles. The summed E-state index contributed by atoms with van der Waals surface area (Å²) < 4.78 is 33.1. The van der Waals surface area contributed by atoms with Gasteiger partial charge in [0.05, 0.1) is 35.5 Å². The van der Waals surface area contributed by atoms with Gasteiger partial charge < -0.3 is 28.4 Å². The molecule has 1 aliphatic rings. The molecule has 5 rings (SSSR count). The van der Waals surface area contributed by atoms with E-state index in [1.807, 2.05) is 0 Å². The summed E-state index contributed by atoms with van der Waals surface area (Å²) in [7, 11) is 0. The predicted octanol–water partition coefficient (Wildman–Crippen LogP) is 17.9. The van der Waals surface area contributed by atoms with Gasteiger partial charge in [-0.05, 0) is 110 Å². The van der Waals surface area contributed by atoms with Crippen LogP contribution in [0.1, 0.15) is 235 Å². The van der Waals surface area contributed by atoms with Gasteiger partial charge in [0.2, 0.25) is 23.1 Å². The number of halogens is 2. The fraction of sp³-hybridized carbons (Fsp3) is 0.485. The maximum Gasteiger partial charge on any atom is 0.343 e. The molecule has 14 heteroatoms. The number of carbonyl (C=O) groups is 6. The topological polar surface area (TPSA) is 158 Å². The minimum absolute atomic E-state index is 0.0815. The van der Waals surface area contributed by atoms with E-state index in [4.69, 9.17) is 51.6 Å². The number of allylic oxidation sites excluding steroid dienone is 2. The standard InChI is InChI=1S/C66H82Cl2O12/c1-3-5-7-9-11-13-15-17-19-21-23-25-27-29-47-75-53-39-31-49(32-40-53)63(71)77-55-43-35-51(36-44-55)65(73)79-61-57(67)60(70)62(58(68)59(61)69)80-66(74)52-37-45-56(46-38-52)78-64(72)50-33-41-54(42-34-50)76-48-30-28-26-24-22-20-18-16-14-12-10-8-6-4-2/h31-46H,3-30,47-48H2,1-2H3. The van der Waals surface area contributed by atoms with Crippen molar-refractivity contribution in [3.8, 4) is 23.0 Å². The Hall–Kier alpha value is -6.24. The van der Waals surface area contributed by atoms with Crippen molar-refractivity contribution in [2.45, 2.75) is 194 Å². The van der Waals surface area contributed by atoms with E-state index in [1.165, 1.54) is 203 Å². The van der Waals surface area contributed by atoms with Crippen LogP contribution in [0.4, 0.5) is 0 Å². The van der Waals surface area contributed by atoms with E-state index < -0.39 is 57.0 Å². The summed E-state index contributed by atoms with van der Waals surface area (Å²) in [5.74, 6) is -5.99. The third-order valence-electron chi connectivity index (χ3n) is 13.9. The van der Waals surface area contributed by atoms with Crippen molar-refractivity contribution in [3.63, 3.8) is 0 Å². The molecule has 432 valence electrons. The maximum absolute atomic E-state index is 13.2. The molecule has 0 heterocycles. The summed E-state index contributed by atoms with van der Waals surface area (Å²) in [5.41, 5.74) is 0.419. The molecular formula is C66H82Cl2O12. The van der Waals surface area contributed by atoms with Crippen LogP contribution in [0.2, 0.25) is 0 Å². The minimum atomic E-state index is -1.18. The van der Waals surface area contributed by atoms with Gasteiger partial charge in [-0.3, -0.25) is 9.59 Å². The van der Waals surface area contributed by atoms with Crippen molar-refractivity contribution in [1.29, 1.82) is 0 Å². The maximum atomic E-state index is 13.2. The number of esters is 4. The summed E-state index contributed by atoms with van der Waals surface area (Å²) in [5, 5.41) is -1.70. The Bertz CT molecular complexity index is 2420. The number of hydrogen-bond donors (Lipinski definition) is 0. The van der Waals surface area contributed by atoms with Crippen LogP contribution in [0.15, 0.2) is 119 Å². The van der Waals surface area contributed by atoms with Crippen molar-refractivity contribution in [2.24, 2.45) is 0 Å². The molecule has 0 spiro atoms. The summed E-state index contributed by atoms with van der Waals surface area (Å²) in [6.45, 7) is 5.70. The average Bonchev–Trinajstić information content (AvgIpc) is 3.48. The van der Waals surface area contributed by atoms with Crippen LogP contribution in [-0.2, 0) is 19.1 Å². The lowest BCUT2D eigenvalue weighted by Crippen LogP contribution is -2.26. The van der Waals surface area contributed by atoms with Crippen LogP contribution in [0.5, 0.6) is 23.0 Å². The van der Waals surface area contributed by atoms with E-state index in [0.29, 0.717) is 35.8 Å². The molecule has 0 bridgehead atoms. The number of ether oxygens (including phenoxy) is 6. The fourth-order valence-electron chi connectivity index (χ4n) is 9.09. The lowest BCUT2D eigenvalue weighted by atomic mass is 10.0. The molecule has 0 saturated carbocycles. The molecule has 4 aromatic rings. The second-order valence-corrected chi connectivity index (χ2v) is 21.2.